The zero-order valence-electron chi connectivity index (χ0n) is 18.9. The SMILES string of the molecule is COc1cc(CCC(=O)N2Cc3cc4c(cc3C3(CCCC3)C2)OCCO4)cc(OC)c1. The molecule has 5 rings (SSSR count). The molecule has 1 amide bonds. The second-order valence-electron chi connectivity index (χ2n) is 9.11. The fourth-order valence-corrected chi connectivity index (χ4v) is 5.54. The number of hydrogen-bond acceptors (Lipinski definition) is 5. The molecule has 0 N–H and O–H groups in total. The first kappa shape index (κ1) is 21.0. The maximum atomic E-state index is 13.3. The van der Waals surface area contributed by atoms with Crippen LogP contribution in [0.3, 0.4) is 0 Å². The molecular formula is C26H31NO5. The quantitative estimate of drug-likeness (QED) is 0.700. The largest absolute Gasteiger partial charge is 0.497 e. The van der Waals surface area contributed by atoms with Crippen LogP contribution in [0.2, 0.25) is 0 Å². The average molecular weight is 438 g/mol. The molecule has 1 saturated carbocycles. The predicted octanol–water partition coefficient (Wildman–Crippen LogP) is 4.26. The second-order valence-corrected chi connectivity index (χ2v) is 9.11. The maximum Gasteiger partial charge on any atom is 0.223 e. The van der Waals surface area contributed by atoms with Gasteiger partial charge in [0.15, 0.2) is 11.5 Å². The number of fused-ring (bicyclic) bond motifs is 3. The first-order chi connectivity index (χ1) is 15.6. The topological polar surface area (TPSA) is 57.2 Å². The number of ether oxygens (including phenoxy) is 4. The van der Waals surface area contributed by atoms with Gasteiger partial charge in [-0.1, -0.05) is 12.8 Å². The van der Waals surface area contributed by atoms with Crippen molar-refractivity contribution in [3.8, 4) is 23.0 Å². The molecule has 170 valence electrons. The first-order valence-electron chi connectivity index (χ1n) is 11.5. The summed E-state index contributed by atoms with van der Waals surface area (Å²) in [5.41, 5.74) is 3.65. The lowest BCUT2D eigenvalue weighted by Crippen LogP contribution is -2.47. The molecule has 32 heavy (non-hydrogen) atoms. The first-order valence-corrected chi connectivity index (χ1v) is 11.5. The van der Waals surface area contributed by atoms with E-state index in [0.29, 0.717) is 32.6 Å². The van der Waals surface area contributed by atoms with E-state index in [2.05, 4.69) is 17.0 Å². The lowest BCUT2D eigenvalue weighted by molar-refractivity contribution is -0.133. The minimum Gasteiger partial charge on any atom is -0.497 e. The number of methoxy groups -OCH3 is 2. The summed E-state index contributed by atoms with van der Waals surface area (Å²) in [6.07, 6.45) is 5.78. The van der Waals surface area contributed by atoms with Crippen molar-refractivity contribution >= 4 is 5.91 Å². The van der Waals surface area contributed by atoms with E-state index >= 15 is 0 Å². The molecule has 2 aromatic rings. The molecular weight excluding hydrogens is 406 g/mol. The van der Waals surface area contributed by atoms with Gasteiger partial charge >= 0.3 is 0 Å². The van der Waals surface area contributed by atoms with Gasteiger partial charge in [0.1, 0.15) is 24.7 Å². The van der Waals surface area contributed by atoms with Gasteiger partial charge in [-0.3, -0.25) is 4.79 Å². The zero-order valence-corrected chi connectivity index (χ0v) is 18.9. The Bertz CT molecular complexity index is 989. The van der Waals surface area contributed by atoms with Crippen LogP contribution in [0.15, 0.2) is 30.3 Å². The standard InChI is InChI=1S/C26H31NO5/c1-29-20-11-18(12-21(14-20)30-2)5-6-25(28)27-16-19-13-23-24(32-10-9-31-23)15-22(19)26(17-27)7-3-4-8-26/h11-15H,3-10,16-17H2,1-2H3. The molecule has 2 aromatic carbocycles. The molecule has 0 aromatic heterocycles. The average Bonchev–Trinajstić information content (AvgIpc) is 3.29. The van der Waals surface area contributed by atoms with Crippen LogP contribution in [-0.4, -0.2) is 44.8 Å². The predicted molar refractivity (Wildman–Crippen MR) is 121 cm³/mol. The highest BCUT2D eigenvalue weighted by molar-refractivity contribution is 5.77. The highest BCUT2D eigenvalue weighted by atomic mass is 16.6. The van der Waals surface area contributed by atoms with Crippen LogP contribution in [-0.2, 0) is 23.2 Å². The van der Waals surface area contributed by atoms with Crippen molar-refractivity contribution in [2.75, 3.05) is 34.0 Å². The molecule has 3 aliphatic rings. The number of benzene rings is 2. The molecule has 0 radical (unpaired) electrons. The fourth-order valence-electron chi connectivity index (χ4n) is 5.54. The molecule has 1 aliphatic carbocycles. The number of aryl methyl sites for hydroxylation is 1. The summed E-state index contributed by atoms with van der Waals surface area (Å²) in [6, 6.07) is 10.1. The Kier molecular flexibility index (Phi) is 5.62. The monoisotopic (exact) mass is 437 g/mol. The fraction of sp³-hybridized carbons (Fsp3) is 0.500. The van der Waals surface area contributed by atoms with Crippen molar-refractivity contribution in [2.45, 2.75) is 50.5 Å². The van der Waals surface area contributed by atoms with E-state index in [0.717, 1.165) is 47.9 Å². The van der Waals surface area contributed by atoms with Gasteiger partial charge in [-0.05, 0) is 60.2 Å². The highest BCUT2D eigenvalue weighted by Crippen LogP contribution is 2.49. The van der Waals surface area contributed by atoms with Crippen molar-refractivity contribution in [2.24, 2.45) is 0 Å². The van der Waals surface area contributed by atoms with Gasteiger partial charge in [-0.2, -0.15) is 0 Å². The molecule has 1 spiro atoms. The van der Waals surface area contributed by atoms with E-state index in [4.69, 9.17) is 18.9 Å². The maximum absolute atomic E-state index is 13.3. The normalized spacial score (nSPS) is 18.4. The summed E-state index contributed by atoms with van der Waals surface area (Å²) in [7, 11) is 3.28. The number of nitrogens with zero attached hydrogens (tertiary/aromatic N) is 1. The lowest BCUT2D eigenvalue weighted by Gasteiger charge is -2.43. The van der Waals surface area contributed by atoms with Crippen LogP contribution < -0.4 is 18.9 Å². The van der Waals surface area contributed by atoms with Gasteiger partial charge in [0.05, 0.1) is 14.2 Å². The summed E-state index contributed by atoms with van der Waals surface area (Å²) in [4.78, 5) is 15.4. The Morgan fingerprint density at radius 2 is 1.62 bits per heavy atom. The number of amides is 1. The van der Waals surface area contributed by atoms with Crippen molar-refractivity contribution in [1.82, 2.24) is 4.90 Å². The second kappa shape index (κ2) is 8.57. The van der Waals surface area contributed by atoms with Crippen molar-refractivity contribution in [3.05, 3.63) is 47.0 Å². The van der Waals surface area contributed by atoms with Crippen LogP contribution in [0, 0.1) is 0 Å². The molecule has 6 nitrogen and oxygen atoms in total. The van der Waals surface area contributed by atoms with Crippen LogP contribution >= 0.6 is 0 Å². The smallest absolute Gasteiger partial charge is 0.223 e. The van der Waals surface area contributed by atoms with Gasteiger partial charge in [0.2, 0.25) is 5.91 Å². The van der Waals surface area contributed by atoms with Crippen LogP contribution in [0.4, 0.5) is 0 Å². The molecule has 1 fully saturated rings. The Morgan fingerprint density at radius 3 is 2.28 bits per heavy atom. The van der Waals surface area contributed by atoms with E-state index < -0.39 is 0 Å². The summed E-state index contributed by atoms with van der Waals surface area (Å²) >= 11 is 0. The van der Waals surface area contributed by atoms with E-state index in [9.17, 15) is 4.79 Å². The van der Waals surface area contributed by atoms with Crippen molar-refractivity contribution in [1.29, 1.82) is 0 Å². The molecule has 0 bridgehead atoms. The Labute approximate surface area is 189 Å². The lowest BCUT2D eigenvalue weighted by atomic mass is 9.73. The van der Waals surface area contributed by atoms with Gasteiger partial charge in [-0.15, -0.1) is 0 Å². The third kappa shape index (κ3) is 3.87. The third-order valence-electron chi connectivity index (χ3n) is 7.15. The molecule has 0 unspecified atom stereocenters. The van der Waals surface area contributed by atoms with Gasteiger partial charge in [0, 0.05) is 31.0 Å². The van der Waals surface area contributed by atoms with Gasteiger partial charge in [0.25, 0.3) is 0 Å². The third-order valence-corrected chi connectivity index (χ3v) is 7.15. The van der Waals surface area contributed by atoms with Gasteiger partial charge < -0.3 is 23.8 Å². The van der Waals surface area contributed by atoms with Crippen LogP contribution in [0.1, 0.15) is 48.8 Å². The van der Waals surface area contributed by atoms with Crippen LogP contribution in [0.5, 0.6) is 23.0 Å². The minimum atomic E-state index is 0.0399. The summed E-state index contributed by atoms with van der Waals surface area (Å²) in [6.45, 7) is 2.59. The van der Waals surface area contributed by atoms with Crippen molar-refractivity contribution < 1.29 is 23.7 Å². The number of carbonyl (C=O) groups is 1. The Balaban J connectivity index is 1.36. The zero-order chi connectivity index (χ0) is 22.1. The summed E-state index contributed by atoms with van der Waals surface area (Å²) in [5, 5.41) is 0. The van der Waals surface area contributed by atoms with E-state index in [1.54, 1.807) is 14.2 Å². The summed E-state index contributed by atoms with van der Waals surface area (Å²) in [5.74, 6) is 3.35. The molecule has 0 atom stereocenters. The molecule has 6 heteroatoms. The number of rotatable bonds is 5. The van der Waals surface area contributed by atoms with Crippen LogP contribution in [0.25, 0.3) is 0 Å². The molecule has 2 aliphatic heterocycles. The Hall–Kier alpha value is -2.89. The molecule has 2 heterocycles. The highest BCUT2D eigenvalue weighted by Gasteiger charge is 2.43. The van der Waals surface area contributed by atoms with E-state index in [1.807, 2.05) is 18.2 Å². The summed E-state index contributed by atoms with van der Waals surface area (Å²) < 4.78 is 22.4. The molecule has 0 saturated heterocycles. The van der Waals surface area contributed by atoms with E-state index in [-0.39, 0.29) is 11.3 Å². The van der Waals surface area contributed by atoms with E-state index in [1.165, 1.54) is 24.0 Å². The number of carbonyl (C=O) groups excluding carboxylic acids is 1. The van der Waals surface area contributed by atoms with Crippen molar-refractivity contribution in [3.63, 3.8) is 0 Å². The minimum absolute atomic E-state index is 0.0399. The Morgan fingerprint density at radius 1 is 0.969 bits per heavy atom. The van der Waals surface area contributed by atoms with Gasteiger partial charge in [-0.25, -0.2) is 0 Å². The number of hydrogen-bond donors (Lipinski definition) is 0.